The molecule has 21 heavy (non-hydrogen) atoms. The van der Waals surface area contributed by atoms with Crippen molar-refractivity contribution < 1.29 is 0 Å². The van der Waals surface area contributed by atoms with E-state index in [0.29, 0.717) is 11.8 Å². The van der Waals surface area contributed by atoms with Gasteiger partial charge >= 0.3 is 0 Å². The molecule has 0 radical (unpaired) electrons. The van der Waals surface area contributed by atoms with Crippen LogP contribution in [-0.4, -0.2) is 19.7 Å². The molecule has 0 saturated carbocycles. The molecule has 3 rings (SSSR count). The molecule has 0 aliphatic carbocycles. The Morgan fingerprint density at radius 3 is 2.62 bits per heavy atom. The van der Waals surface area contributed by atoms with E-state index in [4.69, 9.17) is 11.6 Å². The zero-order valence-corrected chi connectivity index (χ0v) is 13.1. The molecule has 0 spiro atoms. The quantitative estimate of drug-likeness (QED) is 0.722. The molecule has 2 heterocycles. The van der Waals surface area contributed by atoms with Crippen molar-refractivity contribution in [3.63, 3.8) is 0 Å². The fourth-order valence-electron chi connectivity index (χ4n) is 2.44. The Labute approximate surface area is 128 Å². The van der Waals surface area contributed by atoms with Crippen LogP contribution >= 0.6 is 11.6 Å². The van der Waals surface area contributed by atoms with Crippen LogP contribution in [0.5, 0.6) is 0 Å². The zero-order chi connectivity index (χ0) is 15.0. The van der Waals surface area contributed by atoms with E-state index in [9.17, 15) is 0 Å². The number of halogens is 1. The minimum absolute atomic E-state index is 0.113. The van der Waals surface area contributed by atoms with Gasteiger partial charge in [-0.3, -0.25) is 9.55 Å². The van der Waals surface area contributed by atoms with Gasteiger partial charge in [0.2, 0.25) is 5.28 Å². The Morgan fingerprint density at radius 2 is 1.86 bits per heavy atom. The van der Waals surface area contributed by atoms with Gasteiger partial charge in [-0.1, -0.05) is 45.0 Å². The highest BCUT2D eigenvalue weighted by Gasteiger charge is 2.23. The third-order valence-electron chi connectivity index (χ3n) is 3.42. The maximum absolute atomic E-state index is 6.22. The summed E-state index contributed by atoms with van der Waals surface area (Å²) < 4.78 is 1.95. The molecule has 5 heteroatoms. The third kappa shape index (κ3) is 2.63. The topological polar surface area (TPSA) is 43.6 Å². The molecule has 0 saturated heterocycles. The Hall–Kier alpha value is -1.94. The number of hydrogen-bond acceptors (Lipinski definition) is 3. The van der Waals surface area contributed by atoms with Gasteiger partial charge in [-0.2, -0.15) is 0 Å². The molecule has 0 fully saturated rings. The average molecular weight is 301 g/mol. The van der Waals surface area contributed by atoms with Crippen molar-refractivity contribution in [1.82, 2.24) is 19.7 Å². The van der Waals surface area contributed by atoms with Crippen molar-refractivity contribution in [1.29, 1.82) is 0 Å². The number of aromatic nitrogens is 4. The van der Waals surface area contributed by atoms with Crippen molar-refractivity contribution in [2.45, 2.75) is 32.7 Å². The van der Waals surface area contributed by atoms with Gasteiger partial charge in [0.25, 0.3) is 0 Å². The van der Waals surface area contributed by atoms with E-state index < -0.39 is 0 Å². The predicted octanol–water partition coefficient (Wildman–Crippen LogP) is 3.83. The molecule has 0 atom stereocenters. The largest absolute Gasteiger partial charge is 0.297 e. The van der Waals surface area contributed by atoms with Crippen molar-refractivity contribution >= 4 is 22.5 Å². The maximum atomic E-state index is 6.22. The molecule has 108 valence electrons. The van der Waals surface area contributed by atoms with Gasteiger partial charge in [0.1, 0.15) is 5.82 Å². The zero-order valence-electron chi connectivity index (χ0n) is 12.3. The molecule has 0 bridgehead atoms. The van der Waals surface area contributed by atoms with Gasteiger partial charge in [-0.15, -0.1) is 10.2 Å². The van der Waals surface area contributed by atoms with Gasteiger partial charge in [0.15, 0.2) is 0 Å². The van der Waals surface area contributed by atoms with E-state index in [0.717, 1.165) is 22.3 Å². The van der Waals surface area contributed by atoms with Crippen LogP contribution in [0.25, 0.3) is 10.9 Å². The lowest BCUT2D eigenvalue weighted by atomic mass is 9.95. The highest BCUT2D eigenvalue weighted by Crippen LogP contribution is 2.25. The maximum Gasteiger partial charge on any atom is 0.225 e. The first-order chi connectivity index (χ1) is 9.97. The number of rotatable bonds is 2. The second kappa shape index (κ2) is 5.11. The first-order valence-corrected chi connectivity index (χ1v) is 7.26. The van der Waals surface area contributed by atoms with Crippen LogP contribution in [0.4, 0.5) is 0 Å². The first-order valence-electron chi connectivity index (χ1n) is 6.88. The first kappa shape index (κ1) is 14.0. The van der Waals surface area contributed by atoms with Gasteiger partial charge < -0.3 is 0 Å². The monoisotopic (exact) mass is 300 g/mol. The van der Waals surface area contributed by atoms with E-state index in [-0.39, 0.29) is 5.41 Å². The summed E-state index contributed by atoms with van der Waals surface area (Å²) in [5, 5.41) is 9.77. The van der Waals surface area contributed by atoms with Crippen LogP contribution in [0.15, 0.2) is 36.5 Å². The predicted molar refractivity (Wildman–Crippen MR) is 84.6 cm³/mol. The molecular weight excluding hydrogens is 284 g/mol. The van der Waals surface area contributed by atoms with E-state index in [1.165, 1.54) is 0 Å². The molecule has 0 N–H and O–H groups in total. The van der Waals surface area contributed by atoms with Gasteiger partial charge in [0, 0.05) is 17.0 Å². The summed E-state index contributed by atoms with van der Waals surface area (Å²) >= 11 is 6.22. The number of hydrogen-bond donors (Lipinski definition) is 0. The molecule has 2 aromatic heterocycles. The molecular formula is C16H17ClN4. The smallest absolute Gasteiger partial charge is 0.225 e. The molecule has 0 unspecified atom stereocenters. The summed E-state index contributed by atoms with van der Waals surface area (Å²) in [4.78, 5) is 4.49. The Kier molecular flexibility index (Phi) is 3.41. The highest BCUT2D eigenvalue weighted by molar-refractivity contribution is 6.28. The summed E-state index contributed by atoms with van der Waals surface area (Å²) in [6.07, 6.45) is 1.81. The summed E-state index contributed by atoms with van der Waals surface area (Å²) in [6.45, 7) is 6.92. The van der Waals surface area contributed by atoms with Crippen molar-refractivity contribution in [3.8, 4) is 0 Å². The lowest BCUT2D eigenvalue weighted by Crippen LogP contribution is -2.19. The van der Waals surface area contributed by atoms with Crippen molar-refractivity contribution in [2.75, 3.05) is 0 Å². The second-order valence-electron chi connectivity index (χ2n) is 6.12. The van der Waals surface area contributed by atoms with Gasteiger partial charge in [-0.05, 0) is 23.2 Å². The Morgan fingerprint density at radius 1 is 1.10 bits per heavy atom. The Bertz CT molecular complexity index is 781. The number of para-hydroxylation sites is 1. The minimum Gasteiger partial charge on any atom is -0.297 e. The van der Waals surface area contributed by atoms with Gasteiger partial charge in [0.05, 0.1) is 12.1 Å². The SMILES string of the molecule is CC(C)(C)c1nnc(Cl)n1Cc1cccc2cccnc12. The number of benzene rings is 1. The fraction of sp³-hybridized carbons (Fsp3) is 0.312. The molecule has 0 aliphatic heterocycles. The van der Waals surface area contributed by atoms with Crippen LogP contribution < -0.4 is 0 Å². The minimum atomic E-state index is -0.113. The van der Waals surface area contributed by atoms with Crippen LogP contribution in [0.2, 0.25) is 5.28 Å². The third-order valence-corrected chi connectivity index (χ3v) is 3.70. The van der Waals surface area contributed by atoms with Crippen molar-refractivity contribution in [3.05, 3.63) is 53.2 Å². The van der Waals surface area contributed by atoms with Gasteiger partial charge in [-0.25, -0.2) is 0 Å². The van der Waals surface area contributed by atoms with E-state index in [2.05, 4.69) is 54.2 Å². The normalized spacial score (nSPS) is 12.0. The summed E-state index contributed by atoms with van der Waals surface area (Å²) in [6, 6.07) is 10.2. The van der Waals surface area contributed by atoms with Crippen LogP contribution in [-0.2, 0) is 12.0 Å². The standard InChI is InChI=1S/C16H17ClN4/c1-16(2,3)14-19-20-15(17)21(14)10-12-7-4-6-11-8-5-9-18-13(11)12/h4-9H,10H2,1-3H3. The second-order valence-corrected chi connectivity index (χ2v) is 6.46. The van der Waals surface area contributed by atoms with E-state index in [1.807, 2.05) is 22.9 Å². The summed E-state index contributed by atoms with van der Waals surface area (Å²) in [5.41, 5.74) is 1.99. The van der Waals surface area contributed by atoms with Crippen molar-refractivity contribution in [2.24, 2.45) is 0 Å². The number of fused-ring (bicyclic) bond motifs is 1. The molecule has 1 aromatic carbocycles. The lowest BCUT2D eigenvalue weighted by Gasteiger charge is -2.19. The fourth-order valence-corrected chi connectivity index (χ4v) is 2.62. The summed E-state index contributed by atoms with van der Waals surface area (Å²) in [7, 11) is 0. The molecule has 0 amide bonds. The molecule has 0 aliphatic rings. The molecule has 4 nitrogen and oxygen atoms in total. The summed E-state index contributed by atoms with van der Waals surface area (Å²) in [5.74, 6) is 0.875. The molecule has 3 aromatic rings. The average Bonchev–Trinajstić information content (AvgIpc) is 2.81. The van der Waals surface area contributed by atoms with E-state index in [1.54, 1.807) is 0 Å². The highest BCUT2D eigenvalue weighted by atomic mass is 35.5. The van der Waals surface area contributed by atoms with Crippen LogP contribution in [0.1, 0.15) is 32.2 Å². The van der Waals surface area contributed by atoms with E-state index >= 15 is 0 Å². The lowest BCUT2D eigenvalue weighted by molar-refractivity contribution is 0.510. The van der Waals surface area contributed by atoms with Crippen LogP contribution in [0.3, 0.4) is 0 Å². The Balaban J connectivity index is 2.10. The number of nitrogens with zero attached hydrogens (tertiary/aromatic N) is 4. The van der Waals surface area contributed by atoms with Crippen LogP contribution in [0, 0.1) is 0 Å². The number of pyridine rings is 1.